The van der Waals surface area contributed by atoms with Gasteiger partial charge in [0.1, 0.15) is 0 Å². The van der Waals surface area contributed by atoms with Crippen molar-refractivity contribution in [1.29, 1.82) is 0 Å². The Morgan fingerprint density at radius 3 is 2.40 bits per heavy atom. The molecule has 56 valence electrons. The van der Waals surface area contributed by atoms with Crippen molar-refractivity contribution < 1.29 is 8.42 Å². The van der Waals surface area contributed by atoms with Crippen LogP contribution in [0.15, 0.2) is 21.7 Å². The summed E-state index contributed by atoms with van der Waals surface area (Å²) >= 11 is 3.15. The first-order valence-electron chi connectivity index (χ1n) is 2.32. The first-order chi connectivity index (χ1) is 4.52. The maximum atomic E-state index is 10.7. The molecule has 1 aromatic rings. The molecule has 0 aliphatic heterocycles. The van der Waals surface area contributed by atoms with E-state index in [0.717, 1.165) is 0 Å². The molecule has 0 aliphatic carbocycles. The van der Waals surface area contributed by atoms with E-state index in [1.807, 2.05) is 0 Å². The van der Waals surface area contributed by atoms with Gasteiger partial charge in [0.15, 0.2) is 5.38 Å². The topological polar surface area (TPSA) is 60.2 Å². The second-order valence-corrected chi connectivity index (χ2v) is 6.80. The molecule has 0 aromatic carbocycles. The molecule has 10 heavy (non-hydrogen) atoms. The minimum Gasteiger partial charge on any atom is -0.220 e. The molecule has 0 fully saturated rings. The van der Waals surface area contributed by atoms with Crippen LogP contribution in [0, 0.1) is 0 Å². The minimum absolute atomic E-state index is 0.243. The van der Waals surface area contributed by atoms with Crippen molar-refractivity contribution >= 4 is 33.7 Å². The maximum absolute atomic E-state index is 10.7. The minimum atomic E-state index is -3.49. The van der Waals surface area contributed by atoms with Crippen LogP contribution in [-0.4, -0.2) is 8.42 Å². The summed E-state index contributed by atoms with van der Waals surface area (Å²) < 4.78 is 21.6. The van der Waals surface area contributed by atoms with Gasteiger partial charge >= 0.3 is 0 Å². The van der Waals surface area contributed by atoms with Crippen molar-refractivity contribution in [3.05, 3.63) is 17.5 Å². The lowest BCUT2D eigenvalue weighted by atomic mass is 10.7. The molecule has 6 heteroatoms. The van der Waals surface area contributed by atoms with Gasteiger partial charge in [0.05, 0.1) is 8.90 Å². The number of halogens is 1. The average Bonchev–Trinajstić information content (AvgIpc) is 2.11. The van der Waals surface area contributed by atoms with Crippen molar-refractivity contribution in [3.8, 4) is 0 Å². The van der Waals surface area contributed by atoms with Crippen molar-refractivity contribution in [2.75, 3.05) is 0 Å². The summed E-state index contributed by atoms with van der Waals surface area (Å²) in [5, 5.41) is 6.61. The van der Waals surface area contributed by atoms with Gasteiger partial charge in [-0.1, -0.05) is 0 Å². The van der Waals surface area contributed by atoms with Crippen LogP contribution in [0.2, 0.25) is 0 Å². The molecule has 0 aliphatic rings. The average molecular weight is 243 g/mol. The second kappa shape index (κ2) is 2.61. The number of primary sulfonamides is 1. The van der Waals surface area contributed by atoms with Crippen LogP contribution >= 0.6 is 23.7 Å². The van der Waals surface area contributed by atoms with Crippen molar-refractivity contribution in [2.24, 2.45) is 5.14 Å². The lowest BCUT2D eigenvalue weighted by Crippen LogP contribution is -2.10. The molecule has 1 unspecified atom stereocenters. The lowest BCUT2D eigenvalue weighted by molar-refractivity contribution is 0.600. The monoisotopic (exact) mass is 242 g/mol. The SMILES string of the molecule is NS(=O)(=O)c1ccc[s+]1Br. The maximum Gasteiger partial charge on any atom is 0.290 e. The van der Waals surface area contributed by atoms with Gasteiger partial charge < -0.3 is 0 Å². The van der Waals surface area contributed by atoms with Gasteiger partial charge in [0.2, 0.25) is 0 Å². The summed E-state index contributed by atoms with van der Waals surface area (Å²) in [5.74, 6) is 0. The van der Waals surface area contributed by atoms with E-state index < -0.39 is 18.9 Å². The Morgan fingerprint density at radius 2 is 2.20 bits per heavy atom. The van der Waals surface area contributed by atoms with Crippen molar-refractivity contribution in [2.45, 2.75) is 4.21 Å². The number of hydrogen-bond donors (Lipinski definition) is 1. The summed E-state index contributed by atoms with van der Waals surface area (Å²) in [6, 6.07) is 3.16. The first-order valence-corrected chi connectivity index (χ1v) is 7.00. The fraction of sp³-hybridized carbons (Fsp3) is 0. The highest BCUT2D eigenvalue weighted by atomic mass is 79.9. The van der Waals surface area contributed by atoms with Gasteiger partial charge in [-0.05, 0) is 6.07 Å². The zero-order valence-corrected chi connectivity index (χ0v) is 8.04. The third kappa shape index (κ3) is 1.57. The molecule has 0 saturated carbocycles. The van der Waals surface area contributed by atoms with E-state index in [9.17, 15) is 8.42 Å². The van der Waals surface area contributed by atoms with Gasteiger partial charge in [-0.15, -0.1) is 0 Å². The summed E-state index contributed by atoms with van der Waals surface area (Å²) in [4.78, 5) is 0. The molecule has 0 saturated heterocycles. The molecule has 0 radical (unpaired) electrons. The van der Waals surface area contributed by atoms with Crippen LogP contribution in [0.3, 0.4) is 0 Å². The molecular formula is C4H5BrNO2S2+. The van der Waals surface area contributed by atoms with Gasteiger partial charge in [0.25, 0.3) is 29.0 Å². The Hall–Kier alpha value is 0.0900. The Bertz CT molecular complexity index is 329. The molecule has 2 N–H and O–H groups in total. The molecule has 1 aromatic heterocycles. The van der Waals surface area contributed by atoms with E-state index in [1.54, 1.807) is 11.4 Å². The molecule has 1 heterocycles. The van der Waals surface area contributed by atoms with E-state index in [2.05, 4.69) is 14.8 Å². The van der Waals surface area contributed by atoms with Crippen LogP contribution in [0.1, 0.15) is 0 Å². The fourth-order valence-electron chi connectivity index (χ4n) is 0.525. The third-order valence-electron chi connectivity index (χ3n) is 0.903. The summed E-state index contributed by atoms with van der Waals surface area (Å²) in [6.45, 7) is 0. The largest absolute Gasteiger partial charge is 0.290 e. The van der Waals surface area contributed by atoms with E-state index >= 15 is 0 Å². The Kier molecular flexibility index (Phi) is 2.14. The first kappa shape index (κ1) is 8.19. The quantitative estimate of drug-likeness (QED) is 0.754. The summed E-state index contributed by atoms with van der Waals surface area (Å²) in [7, 11) is -3.99. The predicted molar refractivity (Wildman–Crippen MR) is 44.6 cm³/mol. The smallest absolute Gasteiger partial charge is 0.220 e. The van der Waals surface area contributed by atoms with Gasteiger partial charge in [-0.25, -0.2) is 13.6 Å². The lowest BCUT2D eigenvalue weighted by Gasteiger charge is -1.83. The number of nitrogens with two attached hydrogens (primary N) is 1. The van der Waals surface area contributed by atoms with E-state index in [-0.39, 0.29) is 4.21 Å². The number of thiophene rings is 1. The molecule has 0 bridgehead atoms. The van der Waals surface area contributed by atoms with Gasteiger partial charge in [-0.3, -0.25) is 0 Å². The van der Waals surface area contributed by atoms with Crippen LogP contribution in [0.4, 0.5) is 0 Å². The highest BCUT2D eigenvalue weighted by Crippen LogP contribution is 2.33. The number of sulfonamides is 1. The molecular weight excluding hydrogens is 238 g/mol. The summed E-state index contributed by atoms with van der Waals surface area (Å²) in [5.41, 5.74) is 0. The zero-order chi connectivity index (χ0) is 7.78. The van der Waals surface area contributed by atoms with Crippen LogP contribution in [-0.2, 0) is 10.0 Å². The van der Waals surface area contributed by atoms with E-state index in [0.29, 0.717) is 0 Å². The molecule has 1 rings (SSSR count). The van der Waals surface area contributed by atoms with E-state index in [4.69, 9.17) is 5.14 Å². The Balaban J connectivity index is 3.32. The third-order valence-corrected chi connectivity index (χ3v) is 6.09. The number of rotatable bonds is 1. The standard InChI is InChI=1S/C4H5BrNO2S2/c5-9-3-1-2-4(9)10(6,7)8/h1-3H,(H2,6,7,8)/q+1. The van der Waals surface area contributed by atoms with Crippen molar-refractivity contribution in [3.63, 3.8) is 0 Å². The normalized spacial score (nSPS) is 13.6. The second-order valence-electron chi connectivity index (χ2n) is 1.64. The zero-order valence-electron chi connectivity index (χ0n) is 4.82. The van der Waals surface area contributed by atoms with Crippen LogP contribution in [0.5, 0.6) is 0 Å². The van der Waals surface area contributed by atoms with Crippen LogP contribution in [0.25, 0.3) is 0 Å². The van der Waals surface area contributed by atoms with Crippen LogP contribution < -0.4 is 5.14 Å². The van der Waals surface area contributed by atoms with Gasteiger partial charge in [-0.2, -0.15) is 0 Å². The molecule has 0 spiro atoms. The molecule has 3 nitrogen and oxygen atoms in total. The highest BCUT2D eigenvalue weighted by Gasteiger charge is 2.21. The fourth-order valence-corrected chi connectivity index (χ4v) is 4.76. The van der Waals surface area contributed by atoms with E-state index in [1.165, 1.54) is 6.07 Å². The molecule has 1 atom stereocenters. The summed E-state index contributed by atoms with van der Waals surface area (Å²) in [6.07, 6.45) is 0. The number of hydrogen-bond acceptors (Lipinski definition) is 2. The van der Waals surface area contributed by atoms with Crippen molar-refractivity contribution in [1.82, 2.24) is 0 Å². The molecule has 0 amide bonds. The van der Waals surface area contributed by atoms with Gasteiger partial charge in [0, 0.05) is 6.07 Å². The predicted octanol–water partition coefficient (Wildman–Crippen LogP) is 1.24. The highest BCUT2D eigenvalue weighted by molar-refractivity contribution is 9.34. The Morgan fingerprint density at radius 1 is 1.60 bits per heavy atom. The Labute approximate surface area is 69.1 Å².